The highest BCUT2D eigenvalue weighted by atomic mass is 32.2. The fourth-order valence-electron chi connectivity index (χ4n) is 1.72. The van der Waals surface area contributed by atoms with E-state index in [0.717, 1.165) is 0 Å². The van der Waals surface area contributed by atoms with Crippen LogP contribution in [0.15, 0.2) is 23.1 Å². The number of benzene rings is 1. The molecule has 0 fully saturated rings. The van der Waals surface area contributed by atoms with Crippen LogP contribution in [0.4, 0.5) is 0 Å². The molecule has 1 aromatic carbocycles. The number of ether oxygens (including phenoxy) is 1. The first-order valence-corrected chi connectivity index (χ1v) is 7.23. The normalized spacial score (nSPS) is 11.6. The number of carbonyl (C=O) groups is 1. The minimum atomic E-state index is -3.67. The molecule has 1 rings (SSSR count). The summed E-state index contributed by atoms with van der Waals surface area (Å²) in [5, 5.41) is 8.88. The van der Waals surface area contributed by atoms with Gasteiger partial charge < -0.3 is 9.84 Å². The molecule has 0 saturated carbocycles. The van der Waals surface area contributed by atoms with Crippen LogP contribution < -0.4 is 4.74 Å². The molecule has 0 heterocycles. The number of carboxylic acids is 1. The van der Waals surface area contributed by atoms with E-state index in [9.17, 15) is 13.2 Å². The highest BCUT2D eigenvalue weighted by molar-refractivity contribution is 7.89. The van der Waals surface area contributed by atoms with Crippen molar-refractivity contribution in [2.45, 2.75) is 18.7 Å². The molecule has 19 heavy (non-hydrogen) atoms. The van der Waals surface area contributed by atoms with Gasteiger partial charge >= 0.3 is 5.97 Å². The average Bonchev–Trinajstić information content (AvgIpc) is 2.38. The number of carboxylic acid groups (broad SMARTS) is 1. The molecule has 7 heteroatoms. The summed E-state index contributed by atoms with van der Waals surface area (Å²) >= 11 is 0. The van der Waals surface area contributed by atoms with E-state index < -0.39 is 16.0 Å². The molecular formula is C12H17NO5S. The summed E-state index contributed by atoms with van der Waals surface area (Å²) in [4.78, 5) is 10.8. The lowest BCUT2D eigenvalue weighted by Gasteiger charge is -2.20. The average molecular weight is 287 g/mol. The summed E-state index contributed by atoms with van der Waals surface area (Å²) in [5.41, 5.74) is -0.0182. The van der Waals surface area contributed by atoms with Crippen LogP contribution in [-0.4, -0.2) is 44.0 Å². The Morgan fingerprint density at radius 3 is 2.32 bits per heavy atom. The topological polar surface area (TPSA) is 83.9 Å². The van der Waals surface area contributed by atoms with Crippen molar-refractivity contribution < 1.29 is 23.1 Å². The van der Waals surface area contributed by atoms with E-state index in [2.05, 4.69) is 0 Å². The first kappa shape index (κ1) is 15.5. The van der Waals surface area contributed by atoms with Gasteiger partial charge in [0.15, 0.2) is 0 Å². The van der Waals surface area contributed by atoms with Gasteiger partial charge in [0.1, 0.15) is 10.6 Å². The van der Waals surface area contributed by atoms with Crippen LogP contribution in [0.5, 0.6) is 5.75 Å². The van der Waals surface area contributed by atoms with Crippen LogP contribution in [0.2, 0.25) is 0 Å². The summed E-state index contributed by atoms with van der Waals surface area (Å²) in [7, 11) is -2.36. The molecule has 0 radical (unpaired) electrons. The van der Waals surface area contributed by atoms with Gasteiger partial charge in [-0.1, -0.05) is 13.8 Å². The predicted molar refractivity (Wildman–Crippen MR) is 70.1 cm³/mol. The van der Waals surface area contributed by atoms with E-state index in [0.29, 0.717) is 13.1 Å². The predicted octanol–water partition coefficient (Wildman–Crippen LogP) is 1.42. The van der Waals surface area contributed by atoms with Crippen molar-refractivity contribution in [3.63, 3.8) is 0 Å². The van der Waals surface area contributed by atoms with E-state index in [1.807, 2.05) is 0 Å². The molecule has 0 aliphatic rings. The molecule has 0 aliphatic heterocycles. The Morgan fingerprint density at radius 2 is 1.89 bits per heavy atom. The first-order chi connectivity index (χ1) is 8.88. The SMILES string of the molecule is CCN(CC)S(=O)(=O)c1ccc(C(=O)O)cc1OC. The Balaban J connectivity index is 3.39. The number of hydrogen-bond donors (Lipinski definition) is 1. The molecule has 0 bridgehead atoms. The smallest absolute Gasteiger partial charge is 0.335 e. The van der Waals surface area contributed by atoms with Gasteiger partial charge in [0, 0.05) is 13.1 Å². The Kier molecular flexibility index (Phi) is 4.90. The number of nitrogens with zero attached hydrogens (tertiary/aromatic N) is 1. The summed E-state index contributed by atoms with van der Waals surface area (Å²) < 4.78 is 31.0. The van der Waals surface area contributed by atoms with Crippen LogP contribution >= 0.6 is 0 Å². The van der Waals surface area contributed by atoms with Crippen molar-refractivity contribution in [1.82, 2.24) is 4.31 Å². The van der Waals surface area contributed by atoms with Gasteiger partial charge in [-0.25, -0.2) is 13.2 Å². The van der Waals surface area contributed by atoms with Crippen LogP contribution in [0, 0.1) is 0 Å². The molecule has 0 aromatic heterocycles. The fourth-order valence-corrected chi connectivity index (χ4v) is 3.31. The number of hydrogen-bond acceptors (Lipinski definition) is 4. The third-order valence-corrected chi connectivity index (χ3v) is 4.82. The molecule has 0 unspecified atom stereocenters. The van der Waals surface area contributed by atoms with E-state index in [1.54, 1.807) is 13.8 Å². The first-order valence-electron chi connectivity index (χ1n) is 5.79. The summed E-state index contributed by atoms with van der Waals surface area (Å²) in [6, 6.07) is 3.72. The summed E-state index contributed by atoms with van der Waals surface area (Å²) in [5.74, 6) is -1.10. The summed E-state index contributed by atoms with van der Waals surface area (Å²) in [6.45, 7) is 4.14. The zero-order valence-electron chi connectivity index (χ0n) is 11.1. The van der Waals surface area contributed by atoms with Crippen molar-refractivity contribution in [3.8, 4) is 5.75 Å². The number of rotatable bonds is 6. The Hall–Kier alpha value is -1.60. The lowest BCUT2D eigenvalue weighted by Crippen LogP contribution is -2.30. The maximum absolute atomic E-state index is 12.4. The maximum atomic E-state index is 12.4. The zero-order valence-corrected chi connectivity index (χ0v) is 11.9. The highest BCUT2D eigenvalue weighted by Crippen LogP contribution is 2.27. The van der Waals surface area contributed by atoms with Gasteiger partial charge in [-0.3, -0.25) is 0 Å². The highest BCUT2D eigenvalue weighted by Gasteiger charge is 2.26. The van der Waals surface area contributed by atoms with Gasteiger partial charge in [0.25, 0.3) is 0 Å². The Bertz CT molecular complexity index is 563. The lowest BCUT2D eigenvalue weighted by molar-refractivity contribution is 0.0696. The molecule has 1 N–H and O–H groups in total. The van der Waals surface area contributed by atoms with Crippen LogP contribution in [0.25, 0.3) is 0 Å². The van der Waals surface area contributed by atoms with Gasteiger partial charge in [-0.05, 0) is 18.2 Å². The van der Waals surface area contributed by atoms with E-state index in [4.69, 9.17) is 9.84 Å². The van der Waals surface area contributed by atoms with Crippen LogP contribution in [0.3, 0.4) is 0 Å². The lowest BCUT2D eigenvalue weighted by atomic mass is 10.2. The van der Waals surface area contributed by atoms with Crippen molar-refractivity contribution >= 4 is 16.0 Å². The third kappa shape index (κ3) is 3.05. The number of methoxy groups -OCH3 is 1. The second kappa shape index (κ2) is 6.03. The van der Waals surface area contributed by atoms with Crippen LogP contribution in [0.1, 0.15) is 24.2 Å². The second-order valence-corrected chi connectivity index (χ2v) is 5.67. The van der Waals surface area contributed by atoms with Crippen molar-refractivity contribution in [3.05, 3.63) is 23.8 Å². The van der Waals surface area contributed by atoms with Gasteiger partial charge in [-0.15, -0.1) is 0 Å². The molecule has 0 spiro atoms. The minimum absolute atomic E-state index is 0.0182. The fraction of sp³-hybridized carbons (Fsp3) is 0.417. The molecule has 1 aromatic rings. The Labute approximate surface area is 112 Å². The van der Waals surface area contributed by atoms with Crippen LogP contribution in [-0.2, 0) is 10.0 Å². The maximum Gasteiger partial charge on any atom is 0.335 e. The van der Waals surface area contributed by atoms with E-state index in [-0.39, 0.29) is 16.2 Å². The molecule has 106 valence electrons. The molecule has 0 atom stereocenters. The molecule has 6 nitrogen and oxygen atoms in total. The minimum Gasteiger partial charge on any atom is -0.495 e. The number of sulfonamides is 1. The quantitative estimate of drug-likeness (QED) is 0.855. The van der Waals surface area contributed by atoms with Crippen molar-refractivity contribution in [1.29, 1.82) is 0 Å². The van der Waals surface area contributed by atoms with Crippen molar-refractivity contribution in [2.75, 3.05) is 20.2 Å². The largest absolute Gasteiger partial charge is 0.495 e. The molecular weight excluding hydrogens is 270 g/mol. The van der Waals surface area contributed by atoms with Crippen molar-refractivity contribution in [2.24, 2.45) is 0 Å². The molecule has 0 aliphatic carbocycles. The third-order valence-electron chi connectivity index (χ3n) is 2.73. The molecule has 0 saturated heterocycles. The second-order valence-electron chi connectivity index (χ2n) is 3.76. The standard InChI is InChI=1S/C12H17NO5S/c1-4-13(5-2)19(16,17)11-7-6-9(12(14)15)8-10(11)18-3/h6-8H,4-5H2,1-3H3,(H,14,15). The van der Waals surface area contributed by atoms with Gasteiger partial charge in [0.2, 0.25) is 10.0 Å². The van der Waals surface area contributed by atoms with E-state index in [1.165, 1.54) is 29.6 Å². The Morgan fingerprint density at radius 1 is 1.32 bits per heavy atom. The van der Waals surface area contributed by atoms with Gasteiger partial charge in [-0.2, -0.15) is 4.31 Å². The van der Waals surface area contributed by atoms with Gasteiger partial charge in [0.05, 0.1) is 12.7 Å². The summed E-state index contributed by atoms with van der Waals surface area (Å²) in [6.07, 6.45) is 0. The molecule has 0 amide bonds. The zero-order chi connectivity index (χ0) is 14.6. The number of aromatic carboxylic acids is 1. The van der Waals surface area contributed by atoms with E-state index >= 15 is 0 Å². The monoisotopic (exact) mass is 287 g/mol.